The van der Waals surface area contributed by atoms with Crippen molar-refractivity contribution in [1.29, 1.82) is 0 Å². The first-order chi connectivity index (χ1) is 13.2. The number of allylic oxidation sites excluding steroid dienone is 2. The SMILES string of the molecule is C=C(C)CCOC(=O)CCCCCCCCCC=CCCCCCCCC. The Labute approximate surface area is 169 Å². The van der Waals surface area contributed by atoms with Gasteiger partial charge in [-0.25, -0.2) is 0 Å². The third kappa shape index (κ3) is 22.9. The van der Waals surface area contributed by atoms with Gasteiger partial charge in [-0.05, 0) is 39.0 Å². The fourth-order valence-corrected chi connectivity index (χ4v) is 3.10. The van der Waals surface area contributed by atoms with E-state index in [1.165, 1.54) is 83.5 Å². The first kappa shape index (κ1) is 26.0. The van der Waals surface area contributed by atoms with Crippen molar-refractivity contribution < 1.29 is 9.53 Å². The first-order valence-electron chi connectivity index (χ1n) is 11.6. The summed E-state index contributed by atoms with van der Waals surface area (Å²) < 4.78 is 5.18. The summed E-state index contributed by atoms with van der Waals surface area (Å²) in [7, 11) is 0. The maximum absolute atomic E-state index is 11.5. The molecule has 27 heavy (non-hydrogen) atoms. The molecule has 0 N–H and O–H groups in total. The Morgan fingerprint density at radius 3 is 1.74 bits per heavy atom. The topological polar surface area (TPSA) is 26.3 Å². The lowest BCUT2D eigenvalue weighted by molar-refractivity contribution is -0.143. The van der Waals surface area contributed by atoms with Gasteiger partial charge in [-0.15, -0.1) is 6.58 Å². The minimum Gasteiger partial charge on any atom is -0.465 e. The quantitative estimate of drug-likeness (QED) is 0.121. The lowest BCUT2D eigenvalue weighted by Gasteiger charge is -2.04. The van der Waals surface area contributed by atoms with Crippen LogP contribution in [0.3, 0.4) is 0 Å². The molecule has 0 heterocycles. The van der Waals surface area contributed by atoms with Gasteiger partial charge >= 0.3 is 5.97 Å². The van der Waals surface area contributed by atoms with Crippen LogP contribution in [0.5, 0.6) is 0 Å². The minimum absolute atomic E-state index is 0.0519. The van der Waals surface area contributed by atoms with Crippen LogP contribution >= 0.6 is 0 Å². The van der Waals surface area contributed by atoms with Gasteiger partial charge in [0.15, 0.2) is 0 Å². The van der Waals surface area contributed by atoms with E-state index >= 15 is 0 Å². The Hall–Kier alpha value is -1.05. The van der Waals surface area contributed by atoms with E-state index in [-0.39, 0.29) is 5.97 Å². The molecule has 0 radical (unpaired) electrons. The average Bonchev–Trinajstić information content (AvgIpc) is 2.64. The van der Waals surface area contributed by atoms with Crippen molar-refractivity contribution in [1.82, 2.24) is 0 Å². The third-order valence-corrected chi connectivity index (χ3v) is 4.93. The molecule has 2 nitrogen and oxygen atoms in total. The number of rotatable bonds is 20. The molecule has 0 aromatic heterocycles. The summed E-state index contributed by atoms with van der Waals surface area (Å²) in [6, 6.07) is 0. The van der Waals surface area contributed by atoms with Gasteiger partial charge in [-0.3, -0.25) is 4.79 Å². The molecule has 0 amide bonds. The predicted octanol–water partition coefficient (Wildman–Crippen LogP) is 8.31. The number of carbonyl (C=O) groups excluding carboxylic acids is 1. The van der Waals surface area contributed by atoms with Gasteiger partial charge in [0.2, 0.25) is 0 Å². The molecule has 0 aliphatic rings. The largest absolute Gasteiger partial charge is 0.465 e. The average molecular weight is 379 g/mol. The van der Waals surface area contributed by atoms with Crippen molar-refractivity contribution in [2.45, 2.75) is 123 Å². The van der Waals surface area contributed by atoms with Gasteiger partial charge in [-0.2, -0.15) is 0 Å². The number of unbranched alkanes of at least 4 members (excludes halogenated alkanes) is 13. The Morgan fingerprint density at radius 2 is 1.22 bits per heavy atom. The molecule has 0 saturated heterocycles. The standard InChI is InChI=1S/C25H46O2/c1-4-5-6-7-8-9-10-11-12-13-14-15-16-17-18-19-20-21-25(26)27-23-22-24(2)3/h11-12H,2,4-10,13-23H2,1,3H3. The summed E-state index contributed by atoms with van der Waals surface area (Å²) in [5.41, 5.74) is 1.07. The second kappa shape index (κ2) is 21.3. The number of ether oxygens (including phenoxy) is 1. The monoisotopic (exact) mass is 378 g/mol. The van der Waals surface area contributed by atoms with Crippen molar-refractivity contribution in [3.8, 4) is 0 Å². The normalized spacial score (nSPS) is 11.2. The van der Waals surface area contributed by atoms with Crippen molar-refractivity contribution >= 4 is 5.97 Å². The van der Waals surface area contributed by atoms with E-state index in [0.717, 1.165) is 24.8 Å². The summed E-state index contributed by atoms with van der Waals surface area (Å²) in [6.45, 7) is 8.53. The second-order valence-corrected chi connectivity index (χ2v) is 7.97. The molecular weight excluding hydrogens is 332 g/mol. The van der Waals surface area contributed by atoms with Crippen LogP contribution in [0, 0.1) is 0 Å². The van der Waals surface area contributed by atoms with Crippen LogP contribution in [0.25, 0.3) is 0 Å². The number of esters is 1. The lowest BCUT2D eigenvalue weighted by atomic mass is 10.1. The van der Waals surface area contributed by atoms with Crippen LogP contribution < -0.4 is 0 Å². The van der Waals surface area contributed by atoms with E-state index in [9.17, 15) is 4.79 Å². The molecule has 0 aromatic carbocycles. The lowest BCUT2D eigenvalue weighted by Crippen LogP contribution is -2.05. The van der Waals surface area contributed by atoms with E-state index in [4.69, 9.17) is 4.74 Å². The van der Waals surface area contributed by atoms with Gasteiger partial charge in [0, 0.05) is 12.8 Å². The van der Waals surface area contributed by atoms with Gasteiger partial charge < -0.3 is 4.74 Å². The Bertz CT molecular complexity index is 371. The third-order valence-electron chi connectivity index (χ3n) is 4.93. The zero-order chi connectivity index (χ0) is 20.0. The molecule has 0 unspecified atom stereocenters. The van der Waals surface area contributed by atoms with Crippen LogP contribution in [0.1, 0.15) is 123 Å². The molecular formula is C25H46O2. The van der Waals surface area contributed by atoms with Crippen LogP contribution in [0.2, 0.25) is 0 Å². The summed E-state index contributed by atoms with van der Waals surface area (Å²) in [6.07, 6.45) is 25.6. The fraction of sp³-hybridized carbons (Fsp3) is 0.800. The highest BCUT2D eigenvalue weighted by molar-refractivity contribution is 5.69. The molecule has 0 rings (SSSR count). The molecule has 158 valence electrons. The van der Waals surface area contributed by atoms with Crippen LogP contribution in [0.15, 0.2) is 24.3 Å². The van der Waals surface area contributed by atoms with E-state index < -0.39 is 0 Å². The van der Waals surface area contributed by atoms with Crippen molar-refractivity contribution in [3.63, 3.8) is 0 Å². The Kier molecular flexibility index (Phi) is 20.4. The summed E-state index contributed by atoms with van der Waals surface area (Å²) in [4.78, 5) is 11.5. The van der Waals surface area contributed by atoms with Crippen LogP contribution in [0.4, 0.5) is 0 Å². The molecule has 0 aromatic rings. The predicted molar refractivity (Wildman–Crippen MR) is 119 cm³/mol. The van der Waals surface area contributed by atoms with Crippen LogP contribution in [-0.2, 0) is 9.53 Å². The summed E-state index contributed by atoms with van der Waals surface area (Å²) in [5, 5.41) is 0. The molecule has 0 spiro atoms. The second-order valence-electron chi connectivity index (χ2n) is 7.97. The van der Waals surface area contributed by atoms with Gasteiger partial charge in [0.25, 0.3) is 0 Å². The van der Waals surface area contributed by atoms with E-state index in [0.29, 0.717) is 13.0 Å². The first-order valence-corrected chi connectivity index (χ1v) is 11.6. The fourth-order valence-electron chi connectivity index (χ4n) is 3.10. The van der Waals surface area contributed by atoms with Gasteiger partial charge in [-0.1, -0.05) is 88.9 Å². The summed E-state index contributed by atoms with van der Waals surface area (Å²) in [5.74, 6) is -0.0519. The minimum atomic E-state index is -0.0519. The highest BCUT2D eigenvalue weighted by atomic mass is 16.5. The Balaban J connectivity index is 3.19. The smallest absolute Gasteiger partial charge is 0.305 e. The van der Waals surface area contributed by atoms with Crippen molar-refractivity contribution in [2.24, 2.45) is 0 Å². The molecule has 0 aliphatic carbocycles. The number of carbonyl (C=O) groups is 1. The molecule has 0 bridgehead atoms. The van der Waals surface area contributed by atoms with Gasteiger partial charge in [0.1, 0.15) is 0 Å². The molecule has 0 fully saturated rings. The highest BCUT2D eigenvalue weighted by Crippen LogP contribution is 2.11. The maximum Gasteiger partial charge on any atom is 0.305 e. The zero-order valence-corrected chi connectivity index (χ0v) is 18.4. The van der Waals surface area contributed by atoms with E-state index in [2.05, 4.69) is 25.7 Å². The number of hydrogen-bond acceptors (Lipinski definition) is 2. The molecule has 0 aliphatic heterocycles. The zero-order valence-electron chi connectivity index (χ0n) is 18.4. The van der Waals surface area contributed by atoms with Crippen molar-refractivity contribution in [2.75, 3.05) is 6.61 Å². The Morgan fingerprint density at radius 1 is 0.741 bits per heavy atom. The molecule has 0 saturated carbocycles. The molecule has 2 heteroatoms. The van der Waals surface area contributed by atoms with E-state index in [1.807, 2.05) is 6.92 Å². The van der Waals surface area contributed by atoms with Gasteiger partial charge in [0.05, 0.1) is 6.61 Å². The highest BCUT2D eigenvalue weighted by Gasteiger charge is 2.02. The van der Waals surface area contributed by atoms with E-state index in [1.54, 1.807) is 0 Å². The number of hydrogen-bond donors (Lipinski definition) is 0. The summed E-state index contributed by atoms with van der Waals surface area (Å²) >= 11 is 0. The van der Waals surface area contributed by atoms with Crippen LogP contribution in [-0.4, -0.2) is 12.6 Å². The maximum atomic E-state index is 11.5. The van der Waals surface area contributed by atoms with Crippen molar-refractivity contribution in [3.05, 3.63) is 24.3 Å². The molecule has 0 atom stereocenters.